The van der Waals surface area contributed by atoms with Crippen LogP contribution in [0.1, 0.15) is 36.4 Å². The second-order valence-corrected chi connectivity index (χ2v) is 11.0. The normalized spacial score (nSPS) is 15.2. The molecule has 0 saturated carbocycles. The lowest BCUT2D eigenvalue weighted by atomic mass is 9.98. The molecule has 3 aromatic rings. The van der Waals surface area contributed by atoms with Crippen LogP contribution in [-0.4, -0.2) is 25.3 Å². The molecule has 0 saturated heterocycles. The van der Waals surface area contributed by atoms with E-state index in [0.717, 1.165) is 23.3 Å². The zero-order valence-corrected chi connectivity index (χ0v) is 19.1. The van der Waals surface area contributed by atoms with Crippen LogP contribution in [0.15, 0.2) is 45.4 Å². The van der Waals surface area contributed by atoms with E-state index in [1.807, 2.05) is 0 Å². The van der Waals surface area contributed by atoms with Crippen LogP contribution in [0.5, 0.6) is 0 Å². The van der Waals surface area contributed by atoms with Crippen molar-refractivity contribution in [3.63, 3.8) is 0 Å². The van der Waals surface area contributed by atoms with Gasteiger partial charge in [0.1, 0.15) is 20.6 Å². The number of fused-ring (bicyclic) bond motifs is 1. The number of aliphatic hydroxyl groups is 1. The molecule has 0 fully saturated rings. The number of anilines is 1. The summed E-state index contributed by atoms with van der Waals surface area (Å²) >= 11 is 0.912. The van der Waals surface area contributed by atoms with E-state index in [0.29, 0.717) is 29.0 Å². The fourth-order valence-corrected chi connectivity index (χ4v) is 5.64. The summed E-state index contributed by atoms with van der Waals surface area (Å²) in [5, 5.41) is 18.7. The van der Waals surface area contributed by atoms with Crippen molar-refractivity contribution in [3.8, 4) is 11.1 Å². The molecule has 32 heavy (non-hydrogen) atoms. The first-order valence-corrected chi connectivity index (χ1v) is 12.2. The van der Waals surface area contributed by atoms with Crippen LogP contribution in [0.2, 0.25) is 0 Å². The molecule has 2 heterocycles. The van der Waals surface area contributed by atoms with Crippen LogP contribution >= 0.6 is 11.3 Å². The Kier molecular flexibility index (Phi) is 5.84. The van der Waals surface area contributed by atoms with Crippen molar-refractivity contribution in [3.05, 3.63) is 58.7 Å². The Morgan fingerprint density at radius 1 is 1.34 bits per heavy atom. The van der Waals surface area contributed by atoms with E-state index in [2.05, 4.69) is 19.6 Å². The van der Waals surface area contributed by atoms with Crippen LogP contribution in [0.4, 0.5) is 14.9 Å². The highest BCUT2D eigenvalue weighted by Gasteiger charge is 2.25. The standard InChI is InChI=1S/C21H22FN5O3S2/c1-21(2,29)19-25-11-16(31-19)32(23,30)27-20(28)26-15-10-13-4-3-5-14(13)18(22)17(15)12-6-8-24-9-7-12/h6-11,29H,3-5H2,1-2H3,(H3,23,26,27,28,30). The predicted molar refractivity (Wildman–Crippen MR) is 121 cm³/mol. The third-order valence-corrected chi connectivity index (χ3v) is 8.25. The maximum absolute atomic E-state index is 15.4. The molecule has 8 nitrogen and oxygen atoms in total. The van der Waals surface area contributed by atoms with Crippen LogP contribution in [0.3, 0.4) is 0 Å². The maximum atomic E-state index is 15.4. The summed E-state index contributed by atoms with van der Waals surface area (Å²) in [6.07, 6.45) is 6.47. The number of thiazole rings is 1. The zero-order chi connectivity index (χ0) is 23.1. The number of pyridine rings is 1. The first-order valence-electron chi connectivity index (χ1n) is 9.85. The Labute approximate surface area is 189 Å². The van der Waals surface area contributed by atoms with E-state index in [1.54, 1.807) is 18.2 Å². The number of rotatable bonds is 4. The summed E-state index contributed by atoms with van der Waals surface area (Å²) in [6.45, 7) is 3.06. The van der Waals surface area contributed by atoms with Crippen molar-refractivity contribution in [2.75, 3.05) is 5.32 Å². The van der Waals surface area contributed by atoms with E-state index in [1.165, 1.54) is 32.4 Å². The predicted octanol–water partition coefficient (Wildman–Crippen LogP) is 3.99. The minimum atomic E-state index is -3.61. The number of benzene rings is 1. The van der Waals surface area contributed by atoms with Gasteiger partial charge in [0.2, 0.25) is 0 Å². The molecular weight excluding hydrogens is 453 g/mol. The van der Waals surface area contributed by atoms with E-state index >= 15 is 4.39 Å². The molecule has 0 bridgehead atoms. The third kappa shape index (κ3) is 4.42. The average Bonchev–Trinajstić information content (AvgIpc) is 3.38. The molecule has 1 unspecified atom stereocenters. The molecule has 2 amide bonds. The van der Waals surface area contributed by atoms with Crippen LogP contribution in [0, 0.1) is 5.82 Å². The van der Waals surface area contributed by atoms with E-state index in [9.17, 15) is 14.1 Å². The fourth-order valence-electron chi connectivity index (χ4n) is 3.58. The Bertz CT molecular complexity index is 1310. The van der Waals surface area contributed by atoms with Crippen molar-refractivity contribution in [1.29, 1.82) is 0 Å². The van der Waals surface area contributed by atoms with Gasteiger partial charge in [0, 0.05) is 18.0 Å². The molecule has 4 N–H and O–H groups in total. The number of nitrogens with one attached hydrogen (secondary N) is 1. The highest BCUT2D eigenvalue weighted by atomic mass is 32.2. The van der Waals surface area contributed by atoms with Gasteiger partial charge in [-0.05, 0) is 68.0 Å². The molecule has 0 radical (unpaired) electrons. The molecular formula is C21H22FN5O3S2. The second kappa shape index (κ2) is 8.32. The smallest absolute Gasteiger partial charge is 0.354 e. The van der Waals surface area contributed by atoms with Gasteiger partial charge < -0.3 is 10.4 Å². The lowest BCUT2D eigenvalue weighted by Crippen LogP contribution is -2.17. The van der Waals surface area contributed by atoms with Crippen molar-refractivity contribution in [2.24, 2.45) is 9.50 Å². The van der Waals surface area contributed by atoms with Crippen molar-refractivity contribution < 1.29 is 18.5 Å². The van der Waals surface area contributed by atoms with Crippen LogP contribution in [-0.2, 0) is 28.4 Å². The van der Waals surface area contributed by atoms with Crippen LogP contribution < -0.4 is 10.5 Å². The molecule has 1 aromatic carbocycles. The van der Waals surface area contributed by atoms with Gasteiger partial charge in [-0.25, -0.2) is 23.5 Å². The Hall–Kier alpha value is -2.73. The number of nitrogens with zero attached hydrogens (tertiary/aromatic N) is 3. The van der Waals surface area contributed by atoms with Gasteiger partial charge in [-0.3, -0.25) is 4.98 Å². The highest BCUT2D eigenvalue weighted by Crippen LogP contribution is 2.38. The van der Waals surface area contributed by atoms with E-state index < -0.39 is 27.4 Å². The van der Waals surface area contributed by atoms with Crippen molar-refractivity contribution in [2.45, 2.75) is 42.9 Å². The molecule has 1 aliphatic rings. The minimum Gasteiger partial charge on any atom is -0.383 e. The maximum Gasteiger partial charge on any atom is 0.354 e. The lowest BCUT2D eigenvalue weighted by molar-refractivity contribution is 0.0783. The van der Waals surface area contributed by atoms with Gasteiger partial charge in [0.15, 0.2) is 9.92 Å². The summed E-state index contributed by atoms with van der Waals surface area (Å²) in [7, 11) is -3.61. The van der Waals surface area contributed by atoms with Gasteiger partial charge in [0.25, 0.3) is 0 Å². The first-order chi connectivity index (χ1) is 15.1. The number of aryl methyl sites for hydroxylation is 1. The molecule has 0 spiro atoms. The minimum absolute atomic E-state index is 0.0549. The van der Waals surface area contributed by atoms with Gasteiger partial charge in [-0.1, -0.05) is 0 Å². The molecule has 4 rings (SSSR count). The molecule has 11 heteroatoms. The van der Waals surface area contributed by atoms with Gasteiger partial charge in [0.05, 0.1) is 11.9 Å². The summed E-state index contributed by atoms with van der Waals surface area (Å²) in [6, 6.07) is 4.05. The number of urea groups is 1. The summed E-state index contributed by atoms with van der Waals surface area (Å²) < 4.78 is 32.0. The summed E-state index contributed by atoms with van der Waals surface area (Å²) in [4.78, 5) is 20.6. The Balaban J connectivity index is 1.71. The number of carbonyl (C=O) groups is 1. The molecule has 2 aromatic heterocycles. The molecule has 1 atom stereocenters. The largest absolute Gasteiger partial charge is 0.383 e. The van der Waals surface area contributed by atoms with E-state index in [4.69, 9.17) is 5.14 Å². The third-order valence-electron chi connectivity index (χ3n) is 5.06. The Morgan fingerprint density at radius 2 is 2.06 bits per heavy atom. The molecule has 1 aliphatic carbocycles. The highest BCUT2D eigenvalue weighted by molar-refractivity contribution is 7.93. The van der Waals surface area contributed by atoms with Crippen molar-refractivity contribution in [1.82, 2.24) is 9.97 Å². The van der Waals surface area contributed by atoms with E-state index in [-0.39, 0.29) is 15.5 Å². The average molecular weight is 476 g/mol. The monoisotopic (exact) mass is 475 g/mol. The first kappa shape index (κ1) is 22.5. The molecule has 0 aliphatic heterocycles. The lowest BCUT2D eigenvalue weighted by Gasteiger charge is -2.15. The second-order valence-electron chi connectivity index (χ2n) is 7.97. The van der Waals surface area contributed by atoms with Gasteiger partial charge >= 0.3 is 6.03 Å². The number of halogens is 1. The zero-order valence-electron chi connectivity index (χ0n) is 17.5. The van der Waals surface area contributed by atoms with Gasteiger partial charge in [-0.15, -0.1) is 15.7 Å². The van der Waals surface area contributed by atoms with Crippen molar-refractivity contribution >= 4 is 33.0 Å². The SMILES string of the molecule is CC(C)(O)c1ncc(S(N)(=O)=NC(=O)Nc2cc3c(c(F)c2-c2ccncc2)CCC3)s1. The quantitative estimate of drug-likeness (QED) is 0.525. The van der Waals surface area contributed by atoms with Crippen LogP contribution in [0.25, 0.3) is 11.1 Å². The molecule has 168 valence electrons. The summed E-state index contributed by atoms with van der Waals surface area (Å²) in [5.74, 6) is -0.396. The number of amides is 2. The Morgan fingerprint density at radius 3 is 2.72 bits per heavy atom. The number of carbonyl (C=O) groups excluding carboxylic acids is 1. The number of nitrogens with two attached hydrogens (primary N) is 1. The summed E-state index contributed by atoms with van der Waals surface area (Å²) in [5.41, 5.74) is 1.21. The number of hydrogen-bond donors (Lipinski definition) is 3. The number of hydrogen-bond acceptors (Lipinski definition) is 6. The fraction of sp³-hybridized carbons (Fsp3) is 0.286. The topological polar surface area (TPSA) is 131 Å². The van der Waals surface area contributed by atoms with Gasteiger partial charge in [-0.2, -0.15) is 0 Å². The number of aromatic nitrogens is 2.